The Labute approximate surface area is 99.1 Å². The normalized spacial score (nSPS) is 11.8. The second-order valence-corrected chi connectivity index (χ2v) is 3.61. The lowest BCUT2D eigenvalue weighted by Gasteiger charge is -2.02. The molecule has 0 aliphatic heterocycles. The van der Waals surface area contributed by atoms with E-state index in [1.165, 1.54) is 23.1 Å². The fourth-order valence-corrected chi connectivity index (χ4v) is 1.40. The van der Waals surface area contributed by atoms with E-state index in [1.54, 1.807) is 0 Å². The van der Waals surface area contributed by atoms with E-state index in [0.29, 0.717) is 5.82 Å². The van der Waals surface area contributed by atoms with Gasteiger partial charge in [0.25, 0.3) is 0 Å². The third kappa shape index (κ3) is 3.16. The van der Waals surface area contributed by atoms with Crippen LogP contribution in [-0.2, 0) is 6.42 Å². The monoisotopic (exact) mass is 262 g/mol. The molecule has 0 N–H and O–H groups in total. The molecule has 8 heteroatoms. The van der Waals surface area contributed by atoms with Crippen LogP contribution in [0.4, 0.5) is 13.2 Å². The molecule has 90 valence electrons. The summed E-state index contributed by atoms with van der Waals surface area (Å²) in [5, 5.41) is 3.79. The lowest BCUT2D eigenvalue weighted by molar-refractivity contribution is -0.127. The minimum atomic E-state index is -4.25. The first-order valence-corrected chi connectivity index (χ1v) is 4.91. The molecule has 2 aromatic rings. The molecule has 0 spiro atoms. The second kappa shape index (κ2) is 4.33. The summed E-state index contributed by atoms with van der Waals surface area (Å²) in [4.78, 5) is 7.49. The summed E-state index contributed by atoms with van der Waals surface area (Å²) in [6.07, 6.45) is -1.48. The van der Waals surface area contributed by atoms with Crippen LogP contribution in [-0.4, -0.2) is 25.9 Å². The van der Waals surface area contributed by atoms with Gasteiger partial charge in [-0.15, -0.1) is 0 Å². The highest BCUT2D eigenvalue weighted by molar-refractivity contribution is 6.28. The van der Waals surface area contributed by atoms with Crippen LogP contribution >= 0.6 is 11.6 Å². The Morgan fingerprint density at radius 1 is 1.35 bits per heavy atom. The van der Waals surface area contributed by atoms with Gasteiger partial charge in [0.2, 0.25) is 5.28 Å². The van der Waals surface area contributed by atoms with Gasteiger partial charge in [-0.3, -0.25) is 0 Å². The Morgan fingerprint density at radius 2 is 2.12 bits per heavy atom. The molecule has 2 rings (SSSR count). The molecule has 0 saturated heterocycles. The van der Waals surface area contributed by atoms with Crippen LogP contribution in [0.5, 0.6) is 0 Å². The third-order valence-corrected chi connectivity index (χ3v) is 2.07. The van der Waals surface area contributed by atoms with Crippen LogP contribution in [0.15, 0.2) is 24.7 Å². The molecule has 0 aromatic carbocycles. The van der Waals surface area contributed by atoms with Gasteiger partial charge in [-0.2, -0.15) is 23.3 Å². The van der Waals surface area contributed by atoms with Crippen LogP contribution in [0, 0.1) is 0 Å². The Hall–Kier alpha value is -1.63. The fraction of sp³-hybridized carbons (Fsp3) is 0.222. The van der Waals surface area contributed by atoms with Crippen molar-refractivity contribution in [1.82, 2.24) is 19.7 Å². The summed E-state index contributed by atoms with van der Waals surface area (Å²) in [7, 11) is 0. The van der Waals surface area contributed by atoms with E-state index in [2.05, 4.69) is 15.1 Å². The zero-order chi connectivity index (χ0) is 12.5. The van der Waals surface area contributed by atoms with Crippen LogP contribution in [0.1, 0.15) is 5.56 Å². The predicted molar refractivity (Wildman–Crippen MR) is 53.9 cm³/mol. The summed E-state index contributed by atoms with van der Waals surface area (Å²) in [6, 6.07) is 1.50. The average molecular weight is 263 g/mol. The number of rotatable bonds is 2. The van der Waals surface area contributed by atoms with Crippen molar-refractivity contribution in [2.24, 2.45) is 0 Å². The van der Waals surface area contributed by atoms with Crippen LogP contribution in [0.25, 0.3) is 5.82 Å². The molecule has 0 aliphatic carbocycles. The smallest absolute Gasteiger partial charge is 0.226 e. The maximum absolute atomic E-state index is 12.1. The highest BCUT2D eigenvalue weighted by atomic mass is 35.5. The van der Waals surface area contributed by atoms with Crippen LogP contribution in [0.2, 0.25) is 5.28 Å². The largest absolute Gasteiger partial charge is 0.393 e. The van der Waals surface area contributed by atoms with Gasteiger partial charge in [-0.1, -0.05) is 0 Å². The van der Waals surface area contributed by atoms with E-state index in [1.807, 2.05) is 0 Å². The number of aromatic nitrogens is 4. The Morgan fingerprint density at radius 3 is 2.76 bits per heavy atom. The van der Waals surface area contributed by atoms with Gasteiger partial charge in [-0.25, -0.2) is 9.67 Å². The van der Waals surface area contributed by atoms with Crippen molar-refractivity contribution in [3.8, 4) is 5.82 Å². The molecule has 0 fully saturated rings. The van der Waals surface area contributed by atoms with Crippen molar-refractivity contribution in [2.75, 3.05) is 0 Å². The molecule has 2 aromatic heterocycles. The maximum Gasteiger partial charge on any atom is 0.393 e. The van der Waals surface area contributed by atoms with E-state index in [-0.39, 0.29) is 10.8 Å². The van der Waals surface area contributed by atoms with Crippen molar-refractivity contribution >= 4 is 11.6 Å². The first kappa shape index (κ1) is 11.8. The molecule has 0 amide bonds. The molecule has 0 atom stereocenters. The Bertz CT molecular complexity index is 523. The predicted octanol–water partition coefficient (Wildman–Crippen LogP) is 2.42. The number of hydrogen-bond donors (Lipinski definition) is 0. The quantitative estimate of drug-likeness (QED) is 0.781. The van der Waals surface area contributed by atoms with E-state index >= 15 is 0 Å². The molecule has 0 bridgehead atoms. The number of halogens is 4. The van der Waals surface area contributed by atoms with Gasteiger partial charge < -0.3 is 0 Å². The zero-order valence-electron chi connectivity index (χ0n) is 8.32. The lowest BCUT2D eigenvalue weighted by atomic mass is 10.2. The highest BCUT2D eigenvalue weighted by Crippen LogP contribution is 2.21. The minimum Gasteiger partial charge on any atom is -0.226 e. The van der Waals surface area contributed by atoms with Crippen LogP contribution in [0.3, 0.4) is 0 Å². The molecule has 0 radical (unpaired) electrons. The maximum atomic E-state index is 12.1. The minimum absolute atomic E-state index is 0.00960. The zero-order valence-corrected chi connectivity index (χ0v) is 9.07. The first-order valence-electron chi connectivity index (χ1n) is 4.53. The molecule has 17 heavy (non-hydrogen) atoms. The average Bonchev–Trinajstić information content (AvgIpc) is 2.63. The van der Waals surface area contributed by atoms with Gasteiger partial charge in [0.1, 0.15) is 0 Å². The number of nitrogens with zero attached hydrogens (tertiary/aromatic N) is 4. The Balaban J connectivity index is 2.24. The van der Waals surface area contributed by atoms with Crippen molar-refractivity contribution in [3.63, 3.8) is 0 Å². The van der Waals surface area contributed by atoms with E-state index in [9.17, 15) is 13.2 Å². The molecular weight excluding hydrogens is 257 g/mol. The SMILES string of the molecule is FC(F)(F)Cc1cnn(-c2ccnc(Cl)n2)c1. The van der Waals surface area contributed by atoms with Gasteiger partial charge >= 0.3 is 6.18 Å². The van der Waals surface area contributed by atoms with Crippen molar-refractivity contribution in [3.05, 3.63) is 35.5 Å². The topological polar surface area (TPSA) is 43.6 Å². The summed E-state index contributed by atoms with van der Waals surface area (Å²) >= 11 is 5.56. The molecule has 0 saturated carbocycles. The molecule has 0 unspecified atom stereocenters. The summed E-state index contributed by atoms with van der Waals surface area (Å²) in [5.41, 5.74) is 0.0623. The summed E-state index contributed by atoms with van der Waals surface area (Å²) < 4.78 is 37.6. The van der Waals surface area contributed by atoms with E-state index < -0.39 is 12.6 Å². The van der Waals surface area contributed by atoms with Gasteiger partial charge in [0, 0.05) is 18.5 Å². The number of hydrogen-bond acceptors (Lipinski definition) is 3. The third-order valence-electron chi connectivity index (χ3n) is 1.89. The van der Waals surface area contributed by atoms with Crippen molar-refractivity contribution in [2.45, 2.75) is 12.6 Å². The second-order valence-electron chi connectivity index (χ2n) is 3.27. The Kier molecular flexibility index (Phi) is 3.01. The first-order chi connectivity index (χ1) is 7.94. The van der Waals surface area contributed by atoms with Gasteiger partial charge in [0.05, 0.1) is 12.6 Å². The molecule has 0 aliphatic rings. The summed E-state index contributed by atoms with van der Waals surface area (Å²) in [6.45, 7) is 0. The molecule has 4 nitrogen and oxygen atoms in total. The highest BCUT2D eigenvalue weighted by Gasteiger charge is 2.28. The van der Waals surface area contributed by atoms with Crippen LogP contribution < -0.4 is 0 Å². The van der Waals surface area contributed by atoms with E-state index in [0.717, 1.165) is 6.20 Å². The fourth-order valence-electron chi connectivity index (χ4n) is 1.26. The van der Waals surface area contributed by atoms with Gasteiger partial charge in [0.15, 0.2) is 5.82 Å². The van der Waals surface area contributed by atoms with Gasteiger partial charge in [-0.05, 0) is 17.2 Å². The lowest BCUT2D eigenvalue weighted by Crippen LogP contribution is -2.10. The summed E-state index contributed by atoms with van der Waals surface area (Å²) in [5.74, 6) is 0.318. The number of alkyl halides is 3. The molecule has 2 heterocycles. The van der Waals surface area contributed by atoms with Crippen molar-refractivity contribution in [1.29, 1.82) is 0 Å². The van der Waals surface area contributed by atoms with E-state index in [4.69, 9.17) is 11.6 Å². The standard InChI is InChI=1S/C9H6ClF3N4/c10-8-14-2-1-7(16-8)17-5-6(4-15-17)3-9(11,12)13/h1-2,4-5H,3H2. The molecular formula is C9H6ClF3N4. The van der Waals surface area contributed by atoms with Crippen molar-refractivity contribution < 1.29 is 13.2 Å².